The lowest BCUT2D eigenvalue weighted by molar-refractivity contribution is -0.127. The van der Waals surface area contributed by atoms with Crippen molar-refractivity contribution in [1.29, 1.82) is 0 Å². The van der Waals surface area contributed by atoms with Gasteiger partial charge in [-0.3, -0.25) is 4.79 Å². The molecular weight excluding hydrogens is 252 g/mol. The summed E-state index contributed by atoms with van der Waals surface area (Å²) in [7, 11) is 0. The lowest BCUT2D eigenvalue weighted by Gasteiger charge is -2.37. The van der Waals surface area contributed by atoms with Gasteiger partial charge in [0.1, 0.15) is 0 Å². The Morgan fingerprint density at radius 3 is 2.65 bits per heavy atom. The van der Waals surface area contributed by atoms with E-state index in [1.54, 1.807) is 0 Å². The molecule has 1 fully saturated rings. The minimum Gasteiger partial charge on any atom is -0.392 e. The van der Waals surface area contributed by atoms with Gasteiger partial charge < -0.3 is 16.2 Å². The van der Waals surface area contributed by atoms with E-state index in [-0.39, 0.29) is 12.5 Å². The molecular formula is C16H24N2O2. The van der Waals surface area contributed by atoms with Crippen molar-refractivity contribution < 1.29 is 9.90 Å². The van der Waals surface area contributed by atoms with E-state index in [4.69, 9.17) is 5.73 Å². The number of aliphatic hydroxyl groups excluding tert-OH is 1. The molecule has 1 amide bonds. The molecule has 0 aromatic heterocycles. The third-order valence-electron chi connectivity index (χ3n) is 4.54. The zero-order chi connectivity index (χ0) is 14.6. The van der Waals surface area contributed by atoms with Crippen molar-refractivity contribution in [2.24, 2.45) is 17.1 Å². The topological polar surface area (TPSA) is 75.4 Å². The van der Waals surface area contributed by atoms with E-state index >= 15 is 0 Å². The highest BCUT2D eigenvalue weighted by Crippen LogP contribution is 2.39. The molecule has 0 saturated heterocycles. The zero-order valence-electron chi connectivity index (χ0n) is 12.1. The minimum absolute atomic E-state index is 0.00667. The van der Waals surface area contributed by atoms with Crippen LogP contribution < -0.4 is 11.1 Å². The van der Waals surface area contributed by atoms with Gasteiger partial charge >= 0.3 is 0 Å². The summed E-state index contributed by atoms with van der Waals surface area (Å²) >= 11 is 0. The second-order valence-electron chi connectivity index (χ2n) is 5.94. The van der Waals surface area contributed by atoms with Gasteiger partial charge in [-0.2, -0.15) is 0 Å². The number of nitrogens with two attached hydrogens (primary N) is 1. The molecule has 1 aromatic carbocycles. The fourth-order valence-electron chi connectivity index (χ4n) is 2.87. The number of para-hydroxylation sites is 1. The van der Waals surface area contributed by atoms with Crippen molar-refractivity contribution in [3.8, 4) is 0 Å². The van der Waals surface area contributed by atoms with Crippen molar-refractivity contribution in [3.63, 3.8) is 0 Å². The number of rotatable bonds is 4. The summed E-state index contributed by atoms with van der Waals surface area (Å²) in [4.78, 5) is 12.6. The second-order valence-corrected chi connectivity index (χ2v) is 5.94. The van der Waals surface area contributed by atoms with Gasteiger partial charge in [-0.1, -0.05) is 25.1 Å². The number of hydrogen-bond acceptors (Lipinski definition) is 3. The number of aliphatic hydroxyl groups is 1. The fourth-order valence-corrected chi connectivity index (χ4v) is 2.87. The number of hydrogen-bond donors (Lipinski definition) is 3. The number of amides is 1. The van der Waals surface area contributed by atoms with E-state index < -0.39 is 5.41 Å². The van der Waals surface area contributed by atoms with Gasteiger partial charge in [0.05, 0.1) is 12.0 Å². The molecule has 0 bridgehead atoms. The van der Waals surface area contributed by atoms with Gasteiger partial charge in [0.15, 0.2) is 0 Å². The first-order valence-electron chi connectivity index (χ1n) is 7.31. The highest BCUT2D eigenvalue weighted by Gasteiger charge is 2.39. The van der Waals surface area contributed by atoms with Crippen LogP contribution in [0.2, 0.25) is 0 Å². The number of carbonyl (C=O) groups excluding carboxylic acids is 1. The normalized spacial score (nSPS) is 26.2. The van der Waals surface area contributed by atoms with Crippen LogP contribution in [0.1, 0.15) is 38.2 Å². The summed E-state index contributed by atoms with van der Waals surface area (Å²) in [6, 6.07) is 7.34. The largest absolute Gasteiger partial charge is 0.392 e. The Balaban J connectivity index is 2.13. The molecule has 2 rings (SSSR count). The number of anilines is 1. The highest BCUT2D eigenvalue weighted by atomic mass is 16.3. The third-order valence-corrected chi connectivity index (χ3v) is 4.54. The van der Waals surface area contributed by atoms with Crippen LogP contribution in [0.25, 0.3) is 0 Å². The first-order valence-corrected chi connectivity index (χ1v) is 7.31. The van der Waals surface area contributed by atoms with Gasteiger partial charge in [-0.15, -0.1) is 0 Å². The molecule has 0 aliphatic heterocycles. The standard InChI is InChI=1S/C16H24N2O2/c1-12-6-8-16(11-17,9-7-12)15(20)18-14-5-3-2-4-13(14)10-19/h2-5,12,19H,6-11,17H2,1H3,(H,18,20). The first-order chi connectivity index (χ1) is 9.61. The second kappa shape index (κ2) is 6.37. The molecule has 0 spiro atoms. The van der Waals surface area contributed by atoms with Gasteiger partial charge in [0.2, 0.25) is 5.91 Å². The first kappa shape index (κ1) is 15.0. The lowest BCUT2D eigenvalue weighted by atomic mass is 9.70. The van der Waals surface area contributed by atoms with Gasteiger partial charge in [-0.05, 0) is 37.7 Å². The molecule has 1 aliphatic carbocycles. The van der Waals surface area contributed by atoms with Crippen molar-refractivity contribution in [2.45, 2.75) is 39.2 Å². The maximum absolute atomic E-state index is 12.6. The van der Waals surface area contributed by atoms with Crippen molar-refractivity contribution >= 4 is 11.6 Å². The zero-order valence-corrected chi connectivity index (χ0v) is 12.1. The van der Waals surface area contributed by atoms with Crippen LogP contribution in [-0.2, 0) is 11.4 Å². The SMILES string of the molecule is CC1CCC(CN)(C(=O)Nc2ccccc2CO)CC1. The van der Waals surface area contributed by atoms with E-state index in [9.17, 15) is 9.90 Å². The van der Waals surface area contributed by atoms with Gasteiger partial charge in [0.25, 0.3) is 0 Å². The maximum Gasteiger partial charge on any atom is 0.231 e. The molecule has 0 atom stereocenters. The van der Waals surface area contributed by atoms with E-state index in [2.05, 4.69) is 12.2 Å². The summed E-state index contributed by atoms with van der Waals surface area (Å²) in [6.07, 6.45) is 3.79. The van der Waals surface area contributed by atoms with E-state index in [0.29, 0.717) is 18.2 Å². The molecule has 20 heavy (non-hydrogen) atoms. The molecule has 110 valence electrons. The van der Waals surface area contributed by atoms with E-state index in [0.717, 1.165) is 31.2 Å². The monoisotopic (exact) mass is 276 g/mol. The van der Waals surface area contributed by atoms with Crippen LogP contribution in [0.5, 0.6) is 0 Å². The van der Waals surface area contributed by atoms with Crippen LogP contribution >= 0.6 is 0 Å². The summed E-state index contributed by atoms with van der Waals surface area (Å²) in [5.74, 6) is 0.667. The van der Waals surface area contributed by atoms with Crippen LogP contribution in [0, 0.1) is 11.3 Å². The van der Waals surface area contributed by atoms with Crippen LogP contribution in [0.15, 0.2) is 24.3 Å². The van der Waals surface area contributed by atoms with Crippen LogP contribution in [0.3, 0.4) is 0 Å². The highest BCUT2D eigenvalue weighted by molar-refractivity contribution is 5.96. The molecule has 1 aliphatic rings. The summed E-state index contributed by atoms with van der Waals surface area (Å²) < 4.78 is 0. The van der Waals surface area contributed by atoms with E-state index in [1.807, 2.05) is 24.3 Å². The van der Waals surface area contributed by atoms with Gasteiger partial charge in [-0.25, -0.2) is 0 Å². The summed E-state index contributed by atoms with van der Waals surface area (Å²) in [5, 5.41) is 12.3. The number of benzene rings is 1. The molecule has 4 N–H and O–H groups in total. The van der Waals surface area contributed by atoms with Crippen LogP contribution in [0.4, 0.5) is 5.69 Å². The average Bonchev–Trinajstić information content (AvgIpc) is 2.49. The number of nitrogens with one attached hydrogen (secondary N) is 1. The predicted octanol–water partition coefficient (Wildman–Crippen LogP) is 2.27. The minimum atomic E-state index is -0.449. The Morgan fingerprint density at radius 1 is 1.40 bits per heavy atom. The lowest BCUT2D eigenvalue weighted by Crippen LogP contribution is -2.45. The molecule has 1 saturated carbocycles. The molecule has 0 unspecified atom stereocenters. The third kappa shape index (κ3) is 3.02. The Kier molecular flexibility index (Phi) is 4.78. The number of carbonyl (C=O) groups is 1. The average molecular weight is 276 g/mol. The van der Waals surface area contributed by atoms with Crippen molar-refractivity contribution in [2.75, 3.05) is 11.9 Å². The summed E-state index contributed by atoms with van der Waals surface area (Å²) in [5.41, 5.74) is 6.87. The fraction of sp³-hybridized carbons (Fsp3) is 0.562. The van der Waals surface area contributed by atoms with Crippen molar-refractivity contribution in [1.82, 2.24) is 0 Å². The predicted molar refractivity (Wildman–Crippen MR) is 80.1 cm³/mol. The van der Waals surface area contributed by atoms with Gasteiger partial charge in [0, 0.05) is 17.8 Å². The maximum atomic E-state index is 12.6. The van der Waals surface area contributed by atoms with Crippen LogP contribution in [-0.4, -0.2) is 17.6 Å². The Labute approximate surface area is 120 Å². The Hall–Kier alpha value is -1.39. The van der Waals surface area contributed by atoms with E-state index in [1.165, 1.54) is 0 Å². The quantitative estimate of drug-likeness (QED) is 0.789. The Bertz CT molecular complexity index is 465. The molecule has 0 heterocycles. The molecule has 1 aromatic rings. The molecule has 4 heteroatoms. The molecule has 4 nitrogen and oxygen atoms in total. The van der Waals surface area contributed by atoms with Crippen molar-refractivity contribution in [3.05, 3.63) is 29.8 Å². The Morgan fingerprint density at radius 2 is 2.05 bits per heavy atom. The smallest absolute Gasteiger partial charge is 0.231 e. The summed E-state index contributed by atoms with van der Waals surface area (Å²) in [6.45, 7) is 2.52. The molecule has 0 radical (unpaired) electrons.